The molecule has 1 atom stereocenters. The van der Waals surface area contributed by atoms with Crippen molar-refractivity contribution in [3.63, 3.8) is 0 Å². The quantitative estimate of drug-likeness (QED) is 0.273. The lowest BCUT2D eigenvalue weighted by atomic mass is 9.99. The number of fused-ring (bicyclic) bond motifs is 1. The fraction of sp³-hybridized carbons (Fsp3) is 0.385. The van der Waals surface area contributed by atoms with E-state index >= 15 is 0 Å². The molecule has 1 unspecified atom stereocenters. The molecule has 0 bridgehead atoms. The highest BCUT2D eigenvalue weighted by Crippen LogP contribution is 2.34. The highest BCUT2D eigenvalue weighted by Gasteiger charge is 2.19. The van der Waals surface area contributed by atoms with Crippen LogP contribution in [0.15, 0.2) is 56.3 Å². The second-order valence-electron chi connectivity index (χ2n) is 9.29. The Morgan fingerprint density at radius 2 is 1.78 bits per heavy atom. The summed E-state index contributed by atoms with van der Waals surface area (Å²) in [6.45, 7) is 17.4. The Balaban J connectivity index is 1.89. The van der Waals surface area contributed by atoms with Crippen LogP contribution in [0.25, 0.3) is 15.6 Å². The van der Waals surface area contributed by atoms with E-state index in [1.54, 1.807) is 50.2 Å². The van der Waals surface area contributed by atoms with Crippen LogP contribution in [0.1, 0.15) is 39.7 Å². The van der Waals surface area contributed by atoms with E-state index in [-0.39, 0.29) is 40.2 Å². The van der Waals surface area contributed by atoms with Gasteiger partial charge in [-0.3, -0.25) is 9.36 Å². The van der Waals surface area contributed by atoms with Crippen LogP contribution in [0.4, 0.5) is 17.1 Å². The van der Waals surface area contributed by atoms with Crippen molar-refractivity contribution in [1.29, 1.82) is 0 Å². The Morgan fingerprint density at radius 3 is 2.42 bits per heavy atom. The van der Waals surface area contributed by atoms with E-state index < -0.39 is 15.6 Å². The van der Waals surface area contributed by atoms with E-state index in [1.165, 1.54) is 0 Å². The zero-order chi connectivity index (χ0) is 26.6. The smallest absolute Gasteiger partial charge is 0.279 e. The average Bonchev–Trinajstić information content (AvgIpc) is 2.82. The number of aromatic hydroxyl groups is 1. The summed E-state index contributed by atoms with van der Waals surface area (Å²) in [6.07, 6.45) is 0.937. The summed E-state index contributed by atoms with van der Waals surface area (Å²) >= 11 is 0. The number of aromatic nitrogens is 1. The Bertz CT molecular complexity index is 1520. The first-order valence-corrected chi connectivity index (χ1v) is 13.3. The number of benzene rings is 2. The van der Waals surface area contributed by atoms with Crippen LogP contribution >= 0.6 is 0 Å². The third-order valence-corrected chi connectivity index (χ3v) is 7.34. The van der Waals surface area contributed by atoms with Gasteiger partial charge in [0.1, 0.15) is 5.69 Å². The van der Waals surface area contributed by atoms with Gasteiger partial charge in [-0.15, -0.1) is 5.11 Å². The van der Waals surface area contributed by atoms with Crippen molar-refractivity contribution in [3.05, 3.63) is 63.7 Å². The maximum Gasteiger partial charge on any atom is 0.279 e. The maximum absolute atomic E-state index is 12.8. The molecule has 0 fully saturated rings. The van der Waals surface area contributed by atoms with Crippen LogP contribution in [0.3, 0.4) is 0 Å². The topological polar surface area (TPSA) is 117 Å². The van der Waals surface area contributed by atoms with E-state index in [9.17, 15) is 18.3 Å². The fourth-order valence-corrected chi connectivity index (χ4v) is 5.31. The summed E-state index contributed by atoms with van der Waals surface area (Å²) in [4.78, 5) is 16.2. The predicted molar refractivity (Wildman–Crippen MR) is 141 cm³/mol. The molecule has 3 aromatic rings. The Kier molecular flexibility index (Phi) is 8.28. The van der Waals surface area contributed by atoms with Crippen molar-refractivity contribution in [2.45, 2.75) is 52.5 Å². The summed E-state index contributed by atoms with van der Waals surface area (Å²) in [7, 11) is -3.64. The van der Waals surface area contributed by atoms with E-state index in [2.05, 4.69) is 33.6 Å². The van der Waals surface area contributed by atoms with Crippen LogP contribution in [-0.2, 0) is 16.6 Å². The van der Waals surface area contributed by atoms with Gasteiger partial charge in [-0.05, 0) is 72.7 Å². The molecule has 0 radical (unpaired) electrons. The molecule has 9 nitrogen and oxygen atoms in total. The van der Waals surface area contributed by atoms with Crippen LogP contribution in [0, 0.1) is 25.3 Å². The van der Waals surface area contributed by atoms with E-state index in [0.29, 0.717) is 18.2 Å². The lowest BCUT2D eigenvalue weighted by molar-refractivity contribution is 0.415. The van der Waals surface area contributed by atoms with E-state index in [1.807, 2.05) is 6.92 Å². The van der Waals surface area contributed by atoms with Crippen molar-refractivity contribution < 1.29 is 13.5 Å². The average molecular weight is 510 g/mol. The zero-order valence-electron chi connectivity index (χ0n) is 21.1. The van der Waals surface area contributed by atoms with Gasteiger partial charge in [0.05, 0.1) is 17.2 Å². The molecule has 0 spiro atoms. The molecule has 2 N–H and O–H groups in total. The van der Waals surface area contributed by atoms with Gasteiger partial charge >= 0.3 is 0 Å². The van der Waals surface area contributed by atoms with Crippen LogP contribution in [-0.4, -0.2) is 24.6 Å². The summed E-state index contributed by atoms with van der Waals surface area (Å²) in [5.74, 6) is 0.351. The molecule has 1 heterocycles. The largest absolute Gasteiger partial charge is 0.503 e. The molecule has 2 aromatic carbocycles. The van der Waals surface area contributed by atoms with Crippen LogP contribution < -0.4 is 10.3 Å². The van der Waals surface area contributed by atoms with E-state index in [0.717, 1.165) is 21.8 Å². The molecule has 3 rings (SSSR count). The summed E-state index contributed by atoms with van der Waals surface area (Å²) < 4.78 is 29.3. The molecule has 190 valence electrons. The van der Waals surface area contributed by atoms with Crippen molar-refractivity contribution in [3.8, 4) is 5.88 Å². The van der Waals surface area contributed by atoms with Gasteiger partial charge in [0, 0.05) is 13.1 Å². The van der Waals surface area contributed by atoms with Gasteiger partial charge < -0.3 is 5.11 Å². The van der Waals surface area contributed by atoms with Crippen LogP contribution in [0.5, 0.6) is 5.88 Å². The lowest BCUT2D eigenvalue weighted by Crippen LogP contribution is -2.29. The van der Waals surface area contributed by atoms with Gasteiger partial charge in [0.2, 0.25) is 15.7 Å². The molecule has 0 aliphatic carbocycles. The third kappa shape index (κ3) is 5.80. The monoisotopic (exact) mass is 509 g/mol. The van der Waals surface area contributed by atoms with Crippen molar-refractivity contribution in [1.82, 2.24) is 9.29 Å². The fourth-order valence-electron chi connectivity index (χ4n) is 4.11. The number of nitrogens with one attached hydrogen (secondary N) is 1. The van der Waals surface area contributed by atoms with E-state index in [4.69, 9.17) is 6.57 Å². The SMILES string of the molecule is [C-]#[N+]c1c(C)c(N=Nc2ccc3cc(S(=O)(=O)NCC(C)CC(C)C)ccc3c2)c(=O)n(CC)c1O. The Morgan fingerprint density at radius 1 is 1.11 bits per heavy atom. The van der Waals surface area contributed by atoms with Crippen LogP contribution in [0.2, 0.25) is 0 Å². The minimum atomic E-state index is -3.64. The van der Waals surface area contributed by atoms with Crippen molar-refractivity contribution in [2.75, 3.05) is 6.54 Å². The molecule has 0 saturated heterocycles. The minimum absolute atomic E-state index is 0.0139. The predicted octanol–water partition coefficient (Wildman–Crippen LogP) is 5.96. The number of rotatable bonds is 9. The highest BCUT2D eigenvalue weighted by atomic mass is 32.2. The van der Waals surface area contributed by atoms with Gasteiger partial charge in [-0.1, -0.05) is 32.9 Å². The molecule has 1 aromatic heterocycles. The zero-order valence-corrected chi connectivity index (χ0v) is 21.9. The lowest BCUT2D eigenvalue weighted by Gasteiger charge is -2.15. The standard InChI is InChI=1S/C26H31N5O4S/c1-7-31-25(32)23(27-6)18(5)24(26(31)33)30-29-21-10-8-20-14-22(11-9-19(20)13-21)36(34,35)28-15-17(4)12-16(2)3/h8-11,13-14,16-17,28,32H,7,12,15H2,1-5H3. The second kappa shape index (κ2) is 11.0. The first kappa shape index (κ1) is 27.0. The Hall–Kier alpha value is -3.55. The highest BCUT2D eigenvalue weighted by molar-refractivity contribution is 7.89. The van der Waals surface area contributed by atoms with Crippen molar-refractivity contribution >= 4 is 37.9 Å². The Labute approximate surface area is 211 Å². The number of hydrogen-bond donors (Lipinski definition) is 2. The number of pyridine rings is 1. The second-order valence-corrected chi connectivity index (χ2v) is 11.1. The van der Waals surface area contributed by atoms with Gasteiger partial charge in [0.25, 0.3) is 5.56 Å². The first-order chi connectivity index (χ1) is 17.0. The number of sulfonamides is 1. The molecular formula is C26H31N5O4S. The molecule has 0 aliphatic rings. The first-order valence-electron chi connectivity index (χ1n) is 11.8. The number of hydrogen-bond acceptors (Lipinski definition) is 6. The van der Waals surface area contributed by atoms with Gasteiger partial charge in [-0.25, -0.2) is 18.0 Å². The molecule has 10 heteroatoms. The molecule has 36 heavy (non-hydrogen) atoms. The maximum atomic E-state index is 12.8. The third-order valence-electron chi connectivity index (χ3n) is 5.92. The summed E-state index contributed by atoms with van der Waals surface area (Å²) in [5, 5.41) is 19.9. The molecular weight excluding hydrogens is 478 g/mol. The number of azo groups is 1. The number of nitrogens with zero attached hydrogens (tertiary/aromatic N) is 4. The molecule has 0 aliphatic heterocycles. The van der Waals surface area contributed by atoms with Crippen molar-refractivity contribution in [2.24, 2.45) is 22.1 Å². The molecule has 0 amide bonds. The minimum Gasteiger partial charge on any atom is -0.503 e. The summed E-state index contributed by atoms with van der Waals surface area (Å²) in [6, 6.07) is 10.0. The van der Waals surface area contributed by atoms with Gasteiger partial charge in [0.15, 0.2) is 5.88 Å². The summed E-state index contributed by atoms with van der Waals surface area (Å²) in [5.41, 5.74) is 0.129. The van der Waals surface area contributed by atoms with Gasteiger partial charge in [-0.2, -0.15) is 5.11 Å². The normalized spacial score (nSPS) is 12.9. The molecule has 0 saturated carbocycles.